The highest BCUT2D eigenvalue weighted by atomic mass is 16.7. The summed E-state index contributed by atoms with van der Waals surface area (Å²) in [4.78, 5) is 18.3. The molecule has 0 aliphatic carbocycles. The van der Waals surface area contributed by atoms with Crippen molar-refractivity contribution in [3.05, 3.63) is 35.9 Å². The van der Waals surface area contributed by atoms with Crippen molar-refractivity contribution in [3.8, 4) is 0 Å². The average Bonchev–Trinajstić information content (AvgIpc) is 2.48. The Hall–Kier alpha value is -1.19. The van der Waals surface area contributed by atoms with Crippen LogP contribution < -0.4 is 0 Å². The Balaban J connectivity index is 2.22. The summed E-state index contributed by atoms with van der Waals surface area (Å²) < 4.78 is 0. The molecule has 0 N–H and O–H groups in total. The molecule has 1 saturated heterocycles. The van der Waals surface area contributed by atoms with Crippen LogP contribution in [0.4, 0.5) is 0 Å². The van der Waals surface area contributed by atoms with Gasteiger partial charge in [-0.1, -0.05) is 30.3 Å². The number of ketones is 1. The summed E-state index contributed by atoms with van der Waals surface area (Å²) in [5.41, 5.74) is 0.845. The zero-order chi connectivity index (χ0) is 16.4. The molecular formula is C19H29NO2. The van der Waals surface area contributed by atoms with Crippen LogP contribution in [-0.4, -0.2) is 21.9 Å². The number of hydrogen-bond acceptors (Lipinski definition) is 3. The molecule has 1 atom stereocenters. The number of rotatable bonds is 3. The first-order valence-corrected chi connectivity index (χ1v) is 8.26. The number of benzene rings is 1. The van der Waals surface area contributed by atoms with Crippen LogP contribution in [0.3, 0.4) is 0 Å². The van der Waals surface area contributed by atoms with Gasteiger partial charge in [0.25, 0.3) is 0 Å². The van der Waals surface area contributed by atoms with Gasteiger partial charge in [0.15, 0.2) is 0 Å². The quantitative estimate of drug-likeness (QED) is 0.812. The summed E-state index contributed by atoms with van der Waals surface area (Å²) in [6.45, 7) is 10.8. The first-order valence-electron chi connectivity index (χ1n) is 8.26. The van der Waals surface area contributed by atoms with Crippen LogP contribution >= 0.6 is 0 Å². The average molecular weight is 303 g/mol. The van der Waals surface area contributed by atoms with E-state index >= 15 is 0 Å². The molecule has 0 spiro atoms. The van der Waals surface area contributed by atoms with E-state index in [2.05, 4.69) is 51.8 Å². The van der Waals surface area contributed by atoms with Crippen LogP contribution in [0.15, 0.2) is 30.3 Å². The molecule has 1 aliphatic rings. The molecular weight excluding hydrogens is 274 g/mol. The van der Waals surface area contributed by atoms with Gasteiger partial charge in [0.05, 0.1) is 0 Å². The highest BCUT2D eigenvalue weighted by molar-refractivity contribution is 5.78. The molecule has 1 aromatic rings. The molecule has 1 aromatic carbocycles. The molecule has 1 aliphatic heterocycles. The number of Topliss-reactive ketones (excluding diaryl/α,β-unsaturated/α-hetero) is 1. The second kappa shape index (κ2) is 6.51. The maximum atomic E-state index is 11.9. The number of hydroxylamine groups is 2. The molecule has 3 nitrogen and oxygen atoms in total. The fourth-order valence-electron chi connectivity index (χ4n) is 3.27. The molecule has 3 heteroatoms. The minimum Gasteiger partial charge on any atom is -0.300 e. The number of carbonyl (C=O) groups excluding carboxylic acids is 1. The van der Waals surface area contributed by atoms with E-state index in [4.69, 9.17) is 4.84 Å². The summed E-state index contributed by atoms with van der Waals surface area (Å²) in [5, 5.41) is 2.14. The van der Waals surface area contributed by atoms with Gasteiger partial charge in [0.2, 0.25) is 0 Å². The van der Waals surface area contributed by atoms with Crippen LogP contribution in [0, 0.1) is 0 Å². The largest absolute Gasteiger partial charge is 0.300 e. The summed E-state index contributed by atoms with van der Waals surface area (Å²) >= 11 is 0. The van der Waals surface area contributed by atoms with Gasteiger partial charge in [-0.2, -0.15) is 5.06 Å². The molecule has 1 heterocycles. The summed E-state index contributed by atoms with van der Waals surface area (Å²) in [6.07, 6.45) is 2.94. The highest BCUT2D eigenvalue weighted by Crippen LogP contribution is 2.37. The number of nitrogens with zero attached hydrogens (tertiary/aromatic N) is 1. The minimum atomic E-state index is -0.164. The second-order valence-electron chi connectivity index (χ2n) is 7.62. The van der Waals surface area contributed by atoms with E-state index in [0.717, 1.165) is 12.8 Å². The van der Waals surface area contributed by atoms with Gasteiger partial charge in [0, 0.05) is 23.9 Å². The molecule has 0 amide bonds. The van der Waals surface area contributed by atoms with Crippen molar-refractivity contribution in [1.29, 1.82) is 0 Å². The molecule has 122 valence electrons. The third-order valence-corrected chi connectivity index (χ3v) is 4.66. The van der Waals surface area contributed by atoms with Crippen LogP contribution in [0.5, 0.6) is 0 Å². The lowest BCUT2D eigenvalue weighted by Gasteiger charge is -2.49. The van der Waals surface area contributed by atoms with E-state index in [1.165, 1.54) is 5.56 Å². The molecule has 0 radical (unpaired) electrons. The standard InChI is InChI=1S/C19H29NO2/c1-15(16-9-7-6-8-10-16)22-20-18(2,3)13-11-17(21)12-14-19(20,4)5/h6-10,15H,11-14H2,1-5H3. The van der Waals surface area contributed by atoms with Gasteiger partial charge >= 0.3 is 0 Å². The Kier molecular flexibility index (Phi) is 5.08. The molecule has 1 unspecified atom stereocenters. The molecule has 1 fully saturated rings. The molecule has 22 heavy (non-hydrogen) atoms. The van der Waals surface area contributed by atoms with Crippen molar-refractivity contribution in [2.24, 2.45) is 0 Å². The van der Waals surface area contributed by atoms with Crippen molar-refractivity contribution in [3.63, 3.8) is 0 Å². The minimum absolute atomic E-state index is 0.00474. The van der Waals surface area contributed by atoms with Crippen molar-refractivity contribution in [1.82, 2.24) is 5.06 Å². The molecule has 0 bridgehead atoms. The van der Waals surface area contributed by atoms with Gasteiger partial charge in [-0.25, -0.2) is 0 Å². The summed E-state index contributed by atoms with van der Waals surface area (Å²) in [6, 6.07) is 10.3. The zero-order valence-electron chi connectivity index (χ0n) is 14.6. The van der Waals surface area contributed by atoms with Gasteiger partial charge in [-0.3, -0.25) is 9.63 Å². The van der Waals surface area contributed by atoms with Gasteiger partial charge < -0.3 is 0 Å². The predicted octanol–water partition coefficient (Wildman–Crippen LogP) is 4.68. The fourth-order valence-corrected chi connectivity index (χ4v) is 3.27. The lowest BCUT2D eigenvalue weighted by molar-refractivity contribution is -0.294. The van der Waals surface area contributed by atoms with E-state index in [-0.39, 0.29) is 17.2 Å². The highest BCUT2D eigenvalue weighted by Gasteiger charge is 2.41. The van der Waals surface area contributed by atoms with Crippen LogP contribution in [0.25, 0.3) is 0 Å². The van der Waals surface area contributed by atoms with E-state index < -0.39 is 0 Å². The molecule has 0 aromatic heterocycles. The molecule has 2 rings (SSSR count). The zero-order valence-corrected chi connectivity index (χ0v) is 14.6. The van der Waals surface area contributed by atoms with Crippen LogP contribution in [0.2, 0.25) is 0 Å². The molecule has 0 saturated carbocycles. The van der Waals surface area contributed by atoms with Crippen molar-refractivity contribution in [2.45, 2.75) is 77.5 Å². The summed E-state index contributed by atoms with van der Waals surface area (Å²) in [7, 11) is 0. The third-order valence-electron chi connectivity index (χ3n) is 4.66. The number of hydrogen-bond donors (Lipinski definition) is 0. The SMILES string of the molecule is CC(ON1C(C)(C)CCC(=O)CCC1(C)C)c1ccccc1. The van der Waals surface area contributed by atoms with Crippen LogP contribution in [0.1, 0.15) is 72.0 Å². The van der Waals surface area contributed by atoms with Gasteiger partial charge in [-0.05, 0) is 53.0 Å². The third kappa shape index (κ3) is 3.96. The van der Waals surface area contributed by atoms with Crippen molar-refractivity contribution < 1.29 is 9.63 Å². The van der Waals surface area contributed by atoms with E-state index in [1.54, 1.807) is 0 Å². The first kappa shape index (κ1) is 17.2. The first-order chi connectivity index (χ1) is 10.2. The fraction of sp³-hybridized carbons (Fsp3) is 0.632. The summed E-state index contributed by atoms with van der Waals surface area (Å²) in [5.74, 6) is 0.372. The Morgan fingerprint density at radius 1 is 1.00 bits per heavy atom. The maximum Gasteiger partial charge on any atom is 0.133 e. The monoisotopic (exact) mass is 303 g/mol. The van der Waals surface area contributed by atoms with E-state index in [1.807, 2.05) is 18.2 Å². The van der Waals surface area contributed by atoms with E-state index in [9.17, 15) is 4.79 Å². The predicted molar refractivity (Wildman–Crippen MR) is 89.4 cm³/mol. The Morgan fingerprint density at radius 3 is 2.00 bits per heavy atom. The number of carbonyl (C=O) groups is 1. The van der Waals surface area contributed by atoms with Crippen molar-refractivity contribution in [2.75, 3.05) is 0 Å². The van der Waals surface area contributed by atoms with Crippen molar-refractivity contribution >= 4 is 5.78 Å². The smallest absolute Gasteiger partial charge is 0.133 e. The lowest BCUT2D eigenvalue weighted by Crippen LogP contribution is -2.56. The van der Waals surface area contributed by atoms with Gasteiger partial charge in [0.1, 0.15) is 11.9 Å². The van der Waals surface area contributed by atoms with Crippen LogP contribution in [-0.2, 0) is 9.63 Å². The normalized spacial score (nSPS) is 23.6. The van der Waals surface area contributed by atoms with E-state index in [0.29, 0.717) is 18.6 Å². The maximum absolute atomic E-state index is 11.9. The second-order valence-corrected chi connectivity index (χ2v) is 7.62. The lowest BCUT2D eigenvalue weighted by atomic mass is 9.84. The Morgan fingerprint density at radius 2 is 1.50 bits per heavy atom. The Bertz CT molecular complexity index is 485. The van der Waals surface area contributed by atoms with Gasteiger partial charge in [-0.15, -0.1) is 0 Å². The topological polar surface area (TPSA) is 29.5 Å². The Labute approximate surface area is 134 Å².